The molecule has 1 aliphatic carbocycles. The van der Waals surface area contributed by atoms with Crippen LogP contribution in [0.2, 0.25) is 0 Å². The van der Waals surface area contributed by atoms with Gasteiger partial charge in [0.25, 0.3) is 0 Å². The van der Waals surface area contributed by atoms with E-state index in [2.05, 4.69) is 41.5 Å². The molecule has 7 heteroatoms. The first-order chi connectivity index (χ1) is 16.4. The maximum absolute atomic E-state index is 12.6. The van der Waals surface area contributed by atoms with Crippen molar-refractivity contribution < 1.29 is 24.2 Å². The third-order valence-corrected chi connectivity index (χ3v) is 6.03. The van der Waals surface area contributed by atoms with Gasteiger partial charge < -0.3 is 20.5 Å². The number of carbonyl (C=O) groups excluding carboxylic acids is 2. The standard InChI is InChI=1S/C27H32N2O5/c1-3-5-15-24(26(31)32)29-25(30)16-18(10-4-2)28-27(33)34-17-23-21-13-8-6-11-19(21)20-12-7-9-14-22(20)23/h3,6-9,11-14,18,23-24H,1,4-5,10,15-17H2,2H3,(H,28,33)(H,29,30)(H,31,32)/t18-,24?/m1/s1. The summed E-state index contributed by atoms with van der Waals surface area (Å²) in [7, 11) is 0. The Morgan fingerprint density at radius 3 is 2.21 bits per heavy atom. The van der Waals surface area contributed by atoms with Gasteiger partial charge in [-0.1, -0.05) is 68.0 Å². The Morgan fingerprint density at radius 2 is 1.65 bits per heavy atom. The summed E-state index contributed by atoms with van der Waals surface area (Å²) in [5, 5.41) is 14.6. The summed E-state index contributed by atoms with van der Waals surface area (Å²) >= 11 is 0. The van der Waals surface area contributed by atoms with E-state index in [0.29, 0.717) is 12.8 Å². The van der Waals surface area contributed by atoms with Gasteiger partial charge in [0, 0.05) is 18.4 Å². The van der Waals surface area contributed by atoms with Crippen LogP contribution in [-0.4, -0.2) is 41.8 Å². The topological polar surface area (TPSA) is 105 Å². The number of carboxylic acid groups (broad SMARTS) is 1. The van der Waals surface area contributed by atoms with Crippen molar-refractivity contribution in [2.75, 3.05) is 6.61 Å². The van der Waals surface area contributed by atoms with Gasteiger partial charge in [-0.25, -0.2) is 9.59 Å². The number of ether oxygens (including phenoxy) is 1. The van der Waals surface area contributed by atoms with E-state index in [1.54, 1.807) is 6.08 Å². The molecule has 2 aromatic rings. The number of fused-ring (bicyclic) bond motifs is 3. The lowest BCUT2D eigenvalue weighted by atomic mass is 9.98. The van der Waals surface area contributed by atoms with Crippen molar-refractivity contribution in [3.05, 3.63) is 72.3 Å². The van der Waals surface area contributed by atoms with Crippen molar-refractivity contribution in [2.45, 2.75) is 57.0 Å². The van der Waals surface area contributed by atoms with E-state index in [9.17, 15) is 19.5 Å². The van der Waals surface area contributed by atoms with Crippen LogP contribution in [0.5, 0.6) is 0 Å². The molecule has 1 aliphatic rings. The number of carboxylic acids is 1. The second kappa shape index (κ2) is 12.0. The maximum Gasteiger partial charge on any atom is 0.407 e. The van der Waals surface area contributed by atoms with Crippen LogP contribution in [0.3, 0.4) is 0 Å². The lowest BCUT2D eigenvalue weighted by Gasteiger charge is -2.20. The first-order valence-corrected chi connectivity index (χ1v) is 11.7. The lowest BCUT2D eigenvalue weighted by molar-refractivity contribution is -0.142. The van der Waals surface area contributed by atoms with Gasteiger partial charge in [0.2, 0.25) is 5.91 Å². The normalized spacial score (nSPS) is 13.8. The number of hydrogen-bond acceptors (Lipinski definition) is 4. The fourth-order valence-corrected chi connectivity index (χ4v) is 4.40. The van der Waals surface area contributed by atoms with Gasteiger partial charge in [0.1, 0.15) is 12.6 Å². The fraction of sp³-hybridized carbons (Fsp3) is 0.370. The zero-order valence-electron chi connectivity index (χ0n) is 19.5. The van der Waals surface area contributed by atoms with Crippen LogP contribution >= 0.6 is 0 Å². The first kappa shape index (κ1) is 25.0. The number of rotatable bonds is 12. The van der Waals surface area contributed by atoms with Crippen LogP contribution in [0.4, 0.5) is 4.79 Å². The van der Waals surface area contributed by atoms with Crippen molar-refractivity contribution in [3.8, 4) is 11.1 Å². The molecule has 7 nitrogen and oxygen atoms in total. The van der Waals surface area contributed by atoms with Crippen LogP contribution in [0.1, 0.15) is 56.1 Å². The average Bonchev–Trinajstić information content (AvgIpc) is 3.14. The number of allylic oxidation sites excluding steroid dienone is 1. The number of aliphatic carboxylic acids is 1. The van der Waals surface area contributed by atoms with Crippen molar-refractivity contribution in [1.82, 2.24) is 10.6 Å². The number of hydrogen-bond donors (Lipinski definition) is 3. The third kappa shape index (κ3) is 6.25. The van der Waals surface area contributed by atoms with Crippen molar-refractivity contribution in [1.29, 1.82) is 0 Å². The minimum Gasteiger partial charge on any atom is -0.480 e. The predicted molar refractivity (Wildman–Crippen MR) is 131 cm³/mol. The van der Waals surface area contributed by atoms with Gasteiger partial charge in [-0.3, -0.25) is 4.79 Å². The Kier molecular flexibility index (Phi) is 8.85. The molecule has 0 saturated carbocycles. The Hall–Kier alpha value is -3.61. The highest BCUT2D eigenvalue weighted by molar-refractivity contribution is 5.84. The van der Waals surface area contributed by atoms with Gasteiger partial charge in [0.15, 0.2) is 0 Å². The molecule has 0 aliphatic heterocycles. The molecular formula is C27H32N2O5. The van der Waals surface area contributed by atoms with Crippen LogP contribution in [0.15, 0.2) is 61.2 Å². The van der Waals surface area contributed by atoms with Crippen molar-refractivity contribution in [3.63, 3.8) is 0 Å². The largest absolute Gasteiger partial charge is 0.480 e. The van der Waals surface area contributed by atoms with E-state index in [1.165, 1.54) is 0 Å². The molecular weight excluding hydrogens is 432 g/mol. The summed E-state index contributed by atoms with van der Waals surface area (Å²) in [6, 6.07) is 14.8. The zero-order valence-corrected chi connectivity index (χ0v) is 19.5. The lowest BCUT2D eigenvalue weighted by Crippen LogP contribution is -2.44. The Bertz CT molecular complexity index is 990. The van der Waals surface area contributed by atoms with Crippen LogP contribution in [0.25, 0.3) is 11.1 Å². The third-order valence-electron chi connectivity index (χ3n) is 6.03. The van der Waals surface area contributed by atoms with Crippen LogP contribution in [0, 0.1) is 0 Å². The minimum atomic E-state index is -1.09. The number of nitrogens with one attached hydrogen (secondary N) is 2. The van der Waals surface area contributed by atoms with Gasteiger partial charge >= 0.3 is 12.1 Å². The predicted octanol–water partition coefficient (Wildman–Crippen LogP) is 4.62. The van der Waals surface area contributed by atoms with Crippen molar-refractivity contribution in [2.24, 2.45) is 0 Å². The summed E-state index contributed by atoms with van der Waals surface area (Å²) in [6.45, 7) is 5.72. The molecule has 0 aromatic heterocycles. The zero-order chi connectivity index (χ0) is 24.5. The molecule has 3 N–H and O–H groups in total. The van der Waals surface area contributed by atoms with Crippen LogP contribution < -0.4 is 10.6 Å². The smallest absolute Gasteiger partial charge is 0.407 e. The summed E-state index contributed by atoms with van der Waals surface area (Å²) in [4.78, 5) is 36.4. The fourth-order valence-electron chi connectivity index (χ4n) is 4.40. The van der Waals surface area contributed by atoms with Gasteiger partial charge in [0.05, 0.1) is 0 Å². The van der Waals surface area contributed by atoms with Gasteiger partial charge in [-0.05, 0) is 41.5 Å². The second-order valence-electron chi connectivity index (χ2n) is 8.48. The quantitative estimate of drug-likeness (QED) is 0.398. The van der Waals surface area contributed by atoms with Gasteiger partial charge in [-0.15, -0.1) is 6.58 Å². The molecule has 1 unspecified atom stereocenters. The molecule has 0 heterocycles. The van der Waals surface area contributed by atoms with E-state index in [4.69, 9.17) is 4.74 Å². The van der Waals surface area contributed by atoms with E-state index in [1.807, 2.05) is 31.2 Å². The Morgan fingerprint density at radius 1 is 1.03 bits per heavy atom. The molecule has 3 rings (SSSR count). The molecule has 2 atom stereocenters. The molecule has 2 aromatic carbocycles. The Labute approximate surface area is 200 Å². The molecule has 0 bridgehead atoms. The molecule has 0 saturated heterocycles. The number of carbonyl (C=O) groups is 3. The average molecular weight is 465 g/mol. The summed E-state index contributed by atoms with van der Waals surface area (Å²) in [5.74, 6) is -1.56. The highest BCUT2D eigenvalue weighted by atomic mass is 16.5. The highest BCUT2D eigenvalue weighted by Gasteiger charge is 2.29. The summed E-state index contributed by atoms with van der Waals surface area (Å²) < 4.78 is 5.58. The van der Waals surface area contributed by atoms with E-state index in [0.717, 1.165) is 28.7 Å². The second-order valence-corrected chi connectivity index (χ2v) is 8.48. The first-order valence-electron chi connectivity index (χ1n) is 11.7. The van der Waals surface area contributed by atoms with Crippen molar-refractivity contribution >= 4 is 18.0 Å². The Balaban J connectivity index is 1.57. The number of amides is 2. The molecule has 0 spiro atoms. The number of benzene rings is 2. The molecule has 34 heavy (non-hydrogen) atoms. The SMILES string of the molecule is C=CCCC(NC(=O)C[C@@H](CCC)NC(=O)OCC1c2ccccc2-c2ccccc21)C(=O)O. The minimum absolute atomic E-state index is 0.0180. The maximum atomic E-state index is 12.6. The molecule has 0 radical (unpaired) electrons. The molecule has 2 amide bonds. The summed E-state index contributed by atoms with van der Waals surface area (Å²) in [5.41, 5.74) is 4.55. The van der Waals surface area contributed by atoms with E-state index >= 15 is 0 Å². The monoisotopic (exact) mass is 464 g/mol. The molecule has 0 fully saturated rings. The number of alkyl carbamates (subject to hydrolysis) is 1. The molecule has 180 valence electrons. The van der Waals surface area contributed by atoms with E-state index in [-0.39, 0.29) is 25.4 Å². The van der Waals surface area contributed by atoms with E-state index < -0.39 is 30.1 Å². The summed E-state index contributed by atoms with van der Waals surface area (Å²) in [6.07, 6.45) is 3.07. The van der Waals surface area contributed by atoms with Crippen LogP contribution in [-0.2, 0) is 14.3 Å². The van der Waals surface area contributed by atoms with Gasteiger partial charge in [-0.2, -0.15) is 0 Å². The highest BCUT2D eigenvalue weighted by Crippen LogP contribution is 2.44.